The highest BCUT2D eigenvalue weighted by Crippen LogP contribution is 2.39. The van der Waals surface area contributed by atoms with Crippen LogP contribution in [0.15, 0.2) is 48.2 Å². The second kappa shape index (κ2) is 3.09. The van der Waals surface area contributed by atoms with E-state index in [1.54, 1.807) is 0 Å². The number of nitrogens with zero attached hydrogens (tertiary/aromatic N) is 1. The quantitative estimate of drug-likeness (QED) is 0.437. The average molecular weight is 186 g/mol. The normalized spacial score (nSPS) is 33.9. The van der Waals surface area contributed by atoms with Crippen molar-refractivity contribution >= 4 is 6.72 Å². The van der Waals surface area contributed by atoms with Gasteiger partial charge in [0, 0.05) is 17.4 Å². The molecule has 0 aromatic heterocycles. The molecule has 0 heterocycles. The van der Waals surface area contributed by atoms with E-state index in [2.05, 4.69) is 56.2 Å². The van der Waals surface area contributed by atoms with Crippen molar-refractivity contribution in [2.24, 2.45) is 11.3 Å². The molecule has 0 saturated heterocycles. The summed E-state index contributed by atoms with van der Waals surface area (Å²) >= 11 is 0. The van der Waals surface area contributed by atoms with Gasteiger partial charge in [-0.1, -0.05) is 37.3 Å². The van der Waals surface area contributed by atoms with Crippen LogP contribution in [0.4, 0.5) is 0 Å². The summed E-state index contributed by atoms with van der Waals surface area (Å²) in [6.07, 6.45) is 15.4. The van der Waals surface area contributed by atoms with Gasteiger partial charge in [-0.2, -0.15) is 0 Å². The monoisotopic (exact) mass is 186 g/mol. The van der Waals surface area contributed by atoms with E-state index in [0.717, 1.165) is 0 Å². The largest absolute Gasteiger partial charge is 0.208 e. The molecule has 2 aliphatic rings. The summed E-state index contributed by atoms with van der Waals surface area (Å²) in [5.41, 5.74) is 1.31. The average Bonchev–Trinajstić information content (AvgIpc) is 2.15. The van der Waals surface area contributed by atoms with Crippen LogP contribution in [0.2, 0.25) is 0 Å². The van der Waals surface area contributed by atoms with Gasteiger partial charge in [0.2, 0.25) is 5.70 Å². The zero-order chi connectivity index (χ0) is 10.2. The van der Waals surface area contributed by atoms with E-state index < -0.39 is 0 Å². The molecule has 14 heavy (non-hydrogen) atoms. The fourth-order valence-corrected chi connectivity index (χ4v) is 1.99. The number of rotatable bonds is 1. The molecule has 0 aromatic carbocycles. The van der Waals surface area contributed by atoms with Gasteiger partial charge in [-0.25, -0.2) is 4.58 Å². The highest BCUT2D eigenvalue weighted by atomic mass is 14.9. The van der Waals surface area contributed by atoms with Crippen LogP contribution in [0.3, 0.4) is 0 Å². The third-order valence-corrected chi connectivity index (χ3v) is 2.98. The van der Waals surface area contributed by atoms with Gasteiger partial charge in [0.1, 0.15) is 13.8 Å². The van der Waals surface area contributed by atoms with Gasteiger partial charge in [-0.05, 0) is 6.08 Å². The van der Waals surface area contributed by atoms with Gasteiger partial charge < -0.3 is 0 Å². The second-order valence-electron chi connectivity index (χ2n) is 4.26. The Balaban J connectivity index is 2.40. The third-order valence-electron chi connectivity index (χ3n) is 2.98. The van der Waals surface area contributed by atoms with Crippen molar-refractivity contribution in [1.82, 2.24) is 0 Å². The topological polar surface area (TPSA) is 3.01 Å². The summed E-state index contributed by atoms with van der Waals surface area (Å²) in [6, 6.07) is 0. The molecule has 0 amide bonds. The van der Waals surface area contributed by atoms with Crippen LogP contribution < -0.4 is 0 Å². The first-order valence-corrected chi connectivity index (χ1v) is 4.93. The molecular weight excluding hydrogens is 170 g/mol. The van der Waals surface area contributed by atoms with Gasteiger partial charge in [0.05, 0.1) is 0 Å². The first-order chi connectivity index (χ1) is 6.62. The van der Waals surface area contributed by atoms with Crippen LogP contribution in [0, 0.1) is 11.3 Å². The number of allylic oxidation sites excluding steroid dienone is 7. The Labute approximate surface area is 85.5 Å². The molecule has 0 aliphatic heterocycles. The lowest BCUT2D eigenvalue weighted by molar-refractivity contribution is -0.429. The van der Waals surface area contributed by atoms with Crippen LogP contribution in [-0.2, 0) is 0 Å². The fraction of sp³-hybridized carbons (Fsp3) is 0.308. The van der Waals surface area contributed by atoms with Gasteiger partial charge in [0.15, 0.2) is 0 Å². The van der Waals surface area contributed by atoms with E-state index >= 15 is 0 Å². The Bertz CT molecular complexity index is 382. The smallest absolute Gasteiger partial charge is 0.201 e. The van der Waals surface area contributed by atoms with Crippen LogP contribution in [0.5, 0.6) is 0 Å². The van der Waals surface area contributed by atoms with Crippen molar-refractivity contribution in [1.29, 1.82) is 0 Å². The Morgan fingerprint density at radius 3 is 2.86 bits per heavy atom. The Kier molecular flexibility index (Phi) is 2.03. The van der Waals surface area contributed by atoms with Gasteiger partial charge >= 0.3 is 0 Å². The molecule has 1 heteroatoms. The van der Waals surface area contributed by atoms with Crippen molar-refractivity contribution in [3.8, 4) is 0 Å². The standard InChI is InChI=1S/C13H16N/c1-13-9-5-4-6-11(13)7-8-12(10-13)14(2)3/h4-11H,2H2,1,3H3/q+1. The first-order valence-electron chi connectivity index (χ1n) is 4.93. The van der Waals surface area contributed by atoms with E-state index in [4.69, 9.17) is 0 Å². The van der Waals surface area contributed by atoms with Crippen molar-refractivity contribution in [3.05, 3.63) is 48.2 Å². The molecule has 0 saturated carbocycles. The maximum Gasteiger partial charge on any atom is 0.201 e. The molecule has 0 bridgehead atoms. The second-order valence-corrected chi connectivity index (χ2v) is 4.26. The fourth-order valence-electron chi connectivity index (χ4n) is 1.99. The lowest BCUT2D eigenvalue weighted by Crippen LogP contribution is -2.25. The van der Waals surface area contributed by atoms with Crippen molar-refractivity contribution < 1.29 is 4.58 Å². The molecule has 0 fully saturated rings. The van der Waals surface area contributed by atoms with E-state index in [9.17, 15) is 0 Å². The van der Waals surface area contributed by atoms with E-state index in [1.807, 2.05) is 11.6 Å². The van der Waals surface area contributed by atoms with Crippen LogP contribution in [0.25, 0.3) is 0 Å². The summed E-state index contributed by atoms with van der Waals surface area (Å²) in [7, 11) is 1.97. The number of likely N-dealkylation sites (N-methyl/N-ethyl adjacent to an activating group) is 1. The molecule has 0 spiro atoms. The highest BCUT2D eigenvalue weighted by Gasteiger charge is 2.32. The number of hydrogen-bond donors (Lipinski definition) is 0. The maximum atomic E-state index is 3.90. The third kappa shape index (κ3) is 1.39. The lowest BCUT2D eigenvalue weighted by Gasteiger charge is -2.32. The van der Waals surface area contributed by atoms with E-state index in [-0.39, 0.29) is 5.41 Å². The summed E-state index contributed by atoms with van der Waals surface area (Å²) in [5.74, 6) is 0.496. The van der Waals surface area contributed by atoms with Gasteiger partial charge in [0.25, 0.3) is 0 Å². The molecular formula is C13H16N+. The molecule has 0 radical (unpaired) electrons. The first kappa shape index (κ1) is 9.20. The summed E-state index contributed by atoms with van der Waals surface area (Å²) in [6.45, 7) is 6.16. The maximum absolute atomic E-state index is 3.90. The lowest BCUT2D eigenvalue weighted by atomic mass is 9.71. The molecule has 2 aliphatic carbocycles. The molecule has 72 valence electrons. The Hall–Kier alpha value is -1.37. The van der Waals surface area contributed by atoms with Crippen LogP contribution in [0.1, 0.15) is 6.92 Å². The highest BCUT2D eigenvalue weighted by molar-refractivity contribution is 5.36. The Morgan fingerprint density at radius 1 is 1.36 bits per heavy atom. The molecule has 2 unspecified atom stereocenters. The Morgan fingerprint density at radius 2 is 2.14 bits per heavy atom. The van der Waals surface area contributed by atoms with Crippen molar-refractivity contribution in [2.75, 3.05) is 7.05 Å². The van der Waals surface area contributed by atoms with Crippen LogP contribution >= 0.6 is 0 Å². The summed E-state index contributed by atoms with van der Waals surface area (Å²) in [5, 5.41) is 0. The minimum atomic E-state index is 0.130. The van der Waals surface area contributed by atoms with Crippen LogP contribution in [-0.4, -0.2) is 18.3 Å². The minimum Gasteiger partial charge on any atom is -0.208 e. The zero-order valence-electron chi connectivity index (χ0n) is 8.77. The van der Waals surface area contributed by atoms with Crippen molar-refractivity contribution in [2.45, 2.75) is 6.92 Å². The summed E-state index contributed by atoms with van der Waals surface area (Å²) < 4.78 is 1.91. The predicted octanol–water partition coefficient (Wildman–Crippen LogP) is 2.53. The minimum absolute atomic E-state index is 0.130. The zero-order valence-corrected chi connectivity index (χ0v) is 8.77. The molecule has 2 atom stereocenters. The number of fused-ring (bicyclic) bond motifs is 1. The molecule has 2 rings (SSSR count). The predicted molar refractivity (Wildman–Crippen MR) is 60.4 cm³/mol. The van der Waals surface area contributed by atoms with Gasteiger partial charge in [-0.3, -0.25) is 0 Å². The van der Waals surface area contributed by atoms with Crippen molar-refractivity contribution in [3.63, 3.8) is 0 Å². The summed E-state index contributed by atoms with van der Waals surface area (Å²) in [4.78, 5) is 0. The van der Waals surface area contributed by atoms with E-state index in [0.29, 0.717) is 5.92 Å². The molecule has 1 nitrogen and oxygen atoms in total. The molecule has 0 aromatic rings. The number of hydrogen-bond acceptors (Lipinski definition) is 0. The molecule has 0 N–H and O–H groups in total. The SMILES string of the molecule is C=[N+](C)C1=CC2(C)C=CC=CC2C=C1. The van der Waals surface area contributed by atoms with E-state index in [1.165, 1.54) is 5.70 Å². The van der Waals surface area contributed by atoms with Gasteiger partial charge in [-0.15, -0.1) is 0 Å².